The smallest absolute Gasteiger partial charge is 0.387 e. The van der Waals surface area contributed by atoms with Gasteiger partial charge in [0.05, 0.1) is 19.3 Å². The second kappa shape index (κ2) is 10.5. The fourth-order valence-corrected chi connectivity index (χ4v) is 7.11. The van der Waals surface area contributed by atoms with Crippen LogP contribution in [0, 0.1) is 0 Å². The molecule has 3 fully saturated rings. The van der Waals surface area contributed by atoms with E-state index in [1.807, 2.05) is 0 Å². The summed E-state index contributed by atoms with van der Waals surface area (Å²) in [6, 6.07) is 0. The molecule has 7 rings (SSSR count). The summed E-state index contributed by atoms with van der Waals surface area (Å²) in [5.41, 5.74) is 12.1. The van der Waals surface area contributed by atoms with Crippen LogP contribution in [0.4, 0.5) is 16.0 Å². The molecule has 1 unspecified atom stereocenters. The van der Waals surface area contributed by atoms with Crippen molar-refractivity contribution >= 4 is 52.1 Å². The monoisotopic (exact) mass is 659 g/mol. The molecule has 4 aromatic heterocycles. The van der Waals surface area contributed by atoms with E-state index >= 15 is 4.39 Å². The normalized spacial score (nSPS) is 36.1. The number of ether oxygens (including phenoxy) is 2. The van der Waals surface area contributed by atoms with E-state index in [1.54, 1.807) is 0 Å². The lowest BCUT2D eigenvalue weighted by Crippen LogP contribution is -2.43. The van der Waals surface area contributed by atoms with E-state index in [0.29, 0.717) is 0 Å². The van der Waals surface area contributed by atoms with Gasteiger partial charge in [-0.15, -0.1) is 0 Å². The molecule has 0 aliphatic carbocycles. The number of phosphoric acid groups is 1. The minimum Gasteiger partial charge on any atom is -0.387 e. The number of nitrogens with two attached hydrogens (primary N) is 2. The molecule has 3 saturated heterocycles. The zero-order chi connectivity index (χ0) is 31.0. The Balaban J connectivity index is 1.20. The summed E-state index contributed by atoms with van der Waals surface area (Å²) in [7, 11) is -9.83. The van der Waals surface area contributed by atoms with Gasteiger partial charge < -0.3 is 30.9 Å². The molecular formula is C20H23FN11O10PS. The number of nitrogens with zero attached hydrogens (tertiary/aromatic N) is 8. The third-order valence-corrected chi connectivity index (χ3v) is 9.24. The van der Waals surface area contributed by atoms with Gasteiger partial charge in [0, 0.05) is 6.54 Å². The zero-order valence-electron chi connectivity index (χ0n) is 22.0. The lowest BCUT2D eigenvalue weighted by atomic mass is 10.1. The number of anilines is 2. The average molecular weight is 660 g/mol. The van der Waals surface area contributed by atoms with Crippen molar-refractivity contribution in [3.05, 3.63) is 25.3 Å². The number of rotatable bonds is 2. The van der Waals surface area contributed by atoms with Crippen molar-refractivity contribution in [3.63, 3.8) is 0 Å². The van der Waals surface area contributed by atoms with Gasteiger partial charge in [0.1, 0.15) is 48.1 Å². The average Bonchev–Trinajstić information content (AvgIpc) is 3.73. The summed E-state index contributed by atoms with van der Waals surface area (Å²) in [5, 5.41) is 11.0. The third kappa shape index (κ3) is 4.95. The molecular weight excluding hydrogens is 636 g/mol. The van der Waals surface area contributed by atoms with Crippen LogP contribution in [0.15, 0.2) is 25.3 Å². The highest BCUT2D eigenvalue weighted by Crippen LogP contribution is 2.50. The fraction of sp³-hybridized carbons (Fsp3) is 0.500. The molecule has 9 atom stereocenters. The molecule has 0 amide bonds. The number of aromatic nitrogens is 8. The second-order valence-corrected chi connectivity index (χ2v) is 12.7. The van der Waals surface area contributed by atoms with Crippen LogP contribution in [-0.4, -0.2) is 107 Å². The van der Waals surface area contributed by atoms with Crippen molar-refractivity contribution < 1.29 is 50.1 Å². The maximum absolute atomic E-state index is 15.9. The number of aliphatic hydroxyl groups is 1. The first-order chi connectivity index (χ1) is 20.9. The number of aliphatic hydroxyl groups excluding tert-OH is 1. The van der Waals surface area contributed by atoms with Crippen molar-refractivity contribution in [1.29, 1.82) is 0 Å². The molecule has 2 bridgehead atoms. The molecule has 24 heteroatoms. The van der Waals surface area contributed by atoms with Gasteiger partial charge in [-0.25, -0.2) is 43.0 Å². The van der Waals surface area contributed by atoms with Gasteiger partial charge in [-0.2, -0.15) is 13.1 Å². The molecule has 7 N–H and O–H groups in total. The van der Waals surface area contributed by atoms with E-state index in [9.17, 15) is 23.0 Å². The van der Waals surface area contributed by atoms with Crippen LogP contribution in [0.3, 0.4) is 0 Å². The van der Waals surface area contributed by atoms with Gasteiger partial charge in [-0.05, 0) is 0 Å². The molecule has 0 aromatic carbocycles. The van der Waals surface area contributed by atoms with E-state index in [2.05, 4.69) is 34.6 Å². The van der Waals surface area contributed by atoms with Gasteiger partial charge in [-0.3, -0.25) is 18.2 Å². The molecule has 7 heterocycles. The van der Waals surface area contributed by atoms with Crippen molar-refractivity contribution in [1.82, 2.24) is 43.8 Å². The molecule has 4 aromatic rings. The van der Waals surface area contributed by atoms with Crippen LogP contribution in [0.1, 0.15) is 12.5 Å². The maximum Gasteiger partial charge on any atom is 0.472 e. The topological polar surface area (TPSA) is 289 Å². The number of hydrogen-bond acceptors (Lipinski definition) is 17. The van der Waals surface area contributed by atoms with E-state index in [-0.39, 0.29) is 34.0 Å². The first-order valence-corrected chi connectivity index (χ1v) is 15.7. The number of fused-ring (bicyclic) bond motifs is 5. The summed E-state index contributed by atoms with van der Waals surface area (Å²) in [6.45, 7) is -1.51. The van der Waals surface area contributed by atoms with Crippen LogP contribution in [0.2, 0.25) is 0 Å². The predicted octanol–water partition coefficient (Wildman–Crippen LogP) is -1.94. The van der Waals surface area contributed by atoms with Gasteiger partial charge in [0.2, 0.25) is 0 Å². The minimum atomic E-state index is -5.09. The lowest BCUT2D eigenvalue weighted by Gasteiger charge is -2.24. The predicted molar refractivity (Wildman–Crippen MR) is 141 cm³/mol. The number of hydrogen-bond donors (Lipinski definition) is 5. The Kier molecular flexibility index (Phi) is 7.00. The highest BCUT2D eigenvalue weighted by atomic mass is 32.2. The van der Waals surface area contributed by atoms with Crippen molar-refractivity contribution in [2.45, 2.75) is 49.1 Å². The van der Waals surface area contributed by atoms with Gasteiger partial charge in [-0.1, -0.05) is 0 Å². The molecule has 0 saturated carbocycles. The van der Waals surface area contributed by atoms with E-state index < -0.39 is 80.4 Å². The van der Waals surface area contributed by atoms with Gasteiger partial charge in [0.15, 0.2) is 47.7 Å². The zero-order valence-corrected chi connectivity index (χ0v) is 23.7. The Morgan fingerprint density at radius 1 is 0.932 bits per heavy atom. The number of nitrogen functional groups attached to an aromatic ring is 2. The van der Waals surface area contributed by atoms with Gasteiger partial charge >= 0.3 is 18.1 Å². The molecule has 21 nitrogen and oxygen atoms in total. The third-order valence-electron chi connectivity index (χ3n) is 7.26. The van der Waals surface area contributed by atoms with Crippen LogP contribution < -0.4 is 16.2 Å². The Labute approximate surface area is 245 Å². The largest absolute Gasteiger partial charge is 0.472 e. The first kappa shape index (κ1) is 29.2. The molecule has 44 heavy (non-hydrogen) atoms. The van der Waals surface area contributed by atoms with Crippen LogP contribution in [-0.2, 0) is 37.6 Å². The van der Waals surface area contributed by atoms with Crippen LogP contribution in [0.5, 0.6) is 0 Å². The van der Waals surface area contributed by atoms with Crippen LogP contribution in [0.25, 0.3) is 22.3 Å². The number of imidazole rings is 2. The van der Waals surface area contributed by atoms with Gasteiger partial charge in [0.25, 0.3) is 0 Å². The molecule has 3 aliphatic heterocycles. The standard InChI is InChI=1S/C20H23FN11O10PS/c21-9-13-7(39-19(9)31-5-28-10-15(22)24-3-26-17(10)31)1-30-44(36,37)42-14-12(33)8(2-38-43(34,35)41-13)40-20(14)32-6-29-11-16(23)25-4-27-18(11)32/h3-9,12-14,19-20,30,33H,1-2H2,(H,34,35)(H2,22,24,26)(H2,23,25,27)/t7-,8-,9-,12-,13-,14-,19-,20-/m1/s1. The van der Waals surface area contributed by atoms with Crippen molar-refractivity contribution in [3.8, 4) is 0 Å². The number of phosphoric ester groups is 1. The number of alkyl halides is 1. The van der Waals surface area contributed by atoms with E-state index in [0.717, 1.165) is 17.2 Å². The Morgan fingerprint density at radius 3 is 2.16 bits per heavy atom. The molecule has 0 radical (unpaired) electrons. The lowest BCUT2D eigenvalue weighted by molar-refractivity contribution is -0.0536. The molecule has 3 aliphatic rings. The van der Waals surface area contributed by atoms with E-state index in [1.165, 1.54) is 17.2 Å². The van der Waals surface area contributed by atoms with Crippen LogP contribution >= 0.6 is 7.82 Å². The minimum absolute atomic E-state index is 0.0103. The quantitative estimate of drug-likeness (QED) is 0.146. The Morgan fingerprint density at radius 2 is 1.52 bits per heavy atom. The maximum atomic E-state index is 15.9. The SMILES string of the molecule is Nc1ncnc2c1ncn2[C@@H]1O[C@@H]2CNS(=O)(=O)O[C@@H]3[C@H](O)[C@@H](COP(=O)(O)O[C@H]2[C@H]1F)O[C@H]3n1cnc2c(N)ncnc21. The van der Waals surface area contributed by atoms with Crippen molar-refractivity contribution in [2.75, 3.05) is 24.6 Å². The number of nitrogens with one attached hydrogen (secondary N) is 1. The molecule has 0 spiro atoms. The summed E-state index contributed by atoms with van der Waals surface area (Å²) in [6.07, 6.45) is -8.62. The first-order valence-electron chi connectivity index (χ1n) is 12.7. The Bertz CT molecular complexity index is 1900. The second-order valence-electron chi connectivity index (χ2n) is 9.93. The summed E-state index contributed by atoms with van der Waals surface area (Å²) >= 11 is 0. The number of halogens is 1. The fourth-order valence-electron chi connectivity index (χ4n) is 5.22. The highest BCUT2D eigenvalue weighted by molar-refractivity contribution is 7.84. The Hall–Kier alpha value is -3.51. The van der Waals surface area contributed by atoms with Crippen molar-refractivity contribution in [2.24, 2.45) is 0 Å². The summed E-state index contributed by atoms with van der Waals surface area (Å²) in [4.78, 5) is 34.5. The summed E-state index contributed by atoms with van der Waals surface area (Å²) < 4.78 is 86.7. The molecule has 236 valence electrons. The highest BCUT2D eigenvalue weighted by Gasteiger charge is 2.53. The van der Waals surface area contributed by atoms with E-state index in [4.69, 9.17) is 34.2 Å². The summed E-state index contributed by atoms with van der Waals surface area (Å²) in [5.74, 6) is 0.0331.